The first-order valence-electron chi connectivity index (χ1n) is 9.46. The fourth-order valence-electron chi connectivity index (χ4n) is 3.04. The van der Waals surface area contributed by atoms with E-state index in [-0.39, 0.29) is 36.4 Å². The molecular formula is C20H27FN2O4S. The summed E-state index contributed by atoms with van der Waals surface area (Å²) in [5.41, 5.74) is 0.747. The zero-order chi connectivity index (χ0) is 20.4. The van der Waals surface area contributed by atoms with E-state index in [9.17, 15) is 18.8 Å². The lowest BCUT2D eigenvalue weighted by atomic mass is 9.94. The SMILES string of the molecule is CN(C(=O)CSCC(=O)OCC(=O)NCc1ccc(F)cc1)C1CCCCC1. The summed E-state index contributed by atoms with van der Waals surface area (Å²) in [5.74, 6) is -1.05. The van der Waals surface area contributed by atoms with Gasteiger partial charge in [0.15, 0.2) is 6.61 Å². The van der Waals surface area contributed by atoms with Crippen LogP contribution in [-0.2, 0) is 25.7 Å². The number of esters is 1. The van der Waals surface area contributed by atoms with Crippen molar-refractivity contribution in [3.8, 4) is 0 Å². The minimum Gasteiger partial charge on any atom is -0.455 e. The van der Waals surface area contributed by atoms with E-state index in [1.54, 1.807) is 17.0 Å². The zero-order valence-corrected chi connectivity index (χ0v) is 16.9. The molecule has 1 aliphatic rings. The molecule has 8 heteroatoms. The predicted molar refractivity (Wildman–Crippen MR) is 106 cm³/mol. The summed E-state index contributed by atoms with van der Waals surface area (Å²) in [5, 5.41) is 2.59. The average molecular weight is 411 g/mol. The van der Waals surface area contributed by atoms with Gasteiger partial charge in [-0.1, -0.05) is 31.4 Å². The first-order valence-corrected chi connectivity index (χ1v) is 10.6. The van der Waals surface area contributed by atoms with Crippen LogP contribution in [0.2, 0.25) is 0 Å². The van der Waals surface area contributed by atoms with Gasteiger partial charge in [0.05, 0.1) is 11.5 Å². The lowest BCUT2D eigenvalue weighted by Gasteiger charge is -2.31. The van der Waals surface area contributed by atoms with E-state index in [4.69, 9.17) is 4.74 Å². The summed E-state index contributed by atoms with van der Waals surface area (Å²) in [7, 11) is 1.82. The molecule has 0 atom stereocenters. The van der Waals surface area contributed by atoms with Gasteiger partial charge in [-0.15, -0.1) is 11.8 Å². The number of carbonyl (C=O) groups excluding carboxylic acids is 3. The van der Waals surface area contributed by atoms with Crippen LogP contribution in [0.1, 0.15) is 37.7 Å². The highest BCUT2D eigenvalue weighted by Gasteiger charge is 2.22. The van der Waals surface area contributed by atoms with Crippen molar-refractivity contribution in [3.63, 3.8) is 0 Å². The minimum atomic E-state index is -0.532. The van der Waals surface area contributed by atoms with Crippen LogP contribution < -0.4 is 5.32 Å². The highest BCUT2D eigenvalue weighted by molar-refractivity contribution is 8.00. The minimum absolute atomic E-state index is 0.0155. The lowest BCUT2D eigenvalue weighted by molar-refractivity contribution is -0.145. The van der Waals surface area contributed by atoms with E-state index in [2.05, 4.69) is 5.32 Å². The Balaban J connectivity index is 1.57. The van der Waals surface area contributed by atoms with Crippen LogP contribution in [-0.4, -0.2) is 53.9 Å². The third kappa shape index (κ3) is 7.88. The van der Waals surface area contributed by atoms with Crippen LogP contribution >= 0.6 is 11.8 Å². The van der Waals surface area contributed by atoms with Crippen molar-refractivity contribution < 1.29 is 23.5 Å². The molecule has 0 bridgehead atoms. The Hall–Kier alpha value is -2.09. The van der Waals surface area contributed by atoms with E-state index < -0.39 is 11.9 Å². The number of nitrogens with one attached hydrogen (secondary N) is 1. The summed E-state index contributed by atoms with van der Waals surface area (Å²) < 4.78 is 17.7. The molecule has 0 radical (unpaired) electrons. The fourth-order valence-corrected chi connectivity index (χ4v) is 3.77. The Morgan fingerprint density at radius 2 is 1.82 bits per heavy atom. The van der Waals surface area contributed by atoms with Gasteiger partial charge in [-0.25, -0.2) is 4.39 Å². The van der Waals surface area contributed by atoms with Gasteiger partial charge in [0.1, 0.15) is 5.82 Å². The van der Waals surface area contributed by atoms with Crippen molar-refractivity contribution in [1.29, 1.82) is 0 Å². The van der Waals surface area contributed by atoms with Crippen molar-refractivity contribution in [3.05, 3.63) is 35.6 Å². The summed E-state index contributed by atoms with van der Waals surface area (Å²) in [6, 6.07) is 6.06. The molecule has 0 saturated heterocycles. The fraction of sp³-hybridized carbons (Fsp3) is 0.550. The normalized spacial score (nSPS) is 14.4. The molecule has 2 rings (SSSR count). The predicted octanol–water partition coefficient (Wildman–Crippen LogP) is 2.51. The van der Waals surface area contributed by atoms with Gasteiger partial charge < -0.3 is 15.0 Å². The number of nitrogens with zero attached hydrogens (tertiary/aromatic N) is 1. The molecule has 0 unspecified atom stereocenters. The highest BCUT2D eigenvalue weighted by Crippen LogP contribution is 2.22. The zero-order valence-electron chi connectivity index (χ0n) is 16.1. The Morgan fingerprint density at radius 1 is 1.14 bits per heavy atom. The maximum atomic E-state index is 12.8. The van der Waals surface area contributed by atoms with Crippen LogP contribution in [0.5, 0.6) is 0 Å². The van der Waals surface area contributed by atoms with Crippen LogP contribution in [0.15, 0.2) is 24.3 Å². The molecule has 0 spiro atoms. The van der Waals surface area contributed by atoms with Gasteiger partial charge in [0, 0.05) is 19.6 Å². The third-order valence-electron chi connectivity index (χ3n) is 4.73. The maximum Gasteiger partial charge on any atom is 0.316 e. The second kappa shape index (κ2) is 11.7. The molecule has 0 aromatic heterocycles. The third-order valence-corrected chi connectivity index (χ3v) is 5.62. The first kappa shape index (κ1) is 22.2. The summed E-state index contributed by atoms with van der Waals surface area (Å²) in [6.07, 6.45) is 5.64. The number of hydrogen-bond acceptors (Lipinski definition) is 5. The van der Waals surface area contributed by atoms with Gasteiger partial charge in [0.2, 0.25) is 5.91 Å². The number of ether oxygens (including phenoxy) is 1. The Morgan fingerprint density at radius 3 is 2.50 bits per heavy atom. The molecule has 0 heterocycles. The van der Waals surface area contributed by atoms with Crippen LogP contribution in [0.25, 0.3) is 0 Å². The molecule has 1 aliphatic carbocycles. The van der Waals surface area contributed by atoms with Gasteiger partial charge in [-0.2, -0.15) is 0 Å². The maximum absolute atomic E-state index is 12.8. The molecular weight excluding hydrogens is 383 g/mol. The second-order valence-corrected chi connectivity index (χ2v) is 7.84. The van der Waals surface area contributed by atoms with Crippen molar-refractivity contribution >= 4 is 29.5 Å². The average Bonchev–Trinajstić information content (AvgIpc) is 2.71. The standard InChI is InChI=1S/C20H27FN2O4S/c1-23(17-5-3-2-4-6-17)19(25)13-28-14-20(26)27-12-18(24)22-11-15-7-9-16(21)10-8-15/h7-10,17H,2-6,11-14H2,1H3,(H,22,24). The summed E-state index contributed by atoms with van der Waals surface area (Å²) in [4.78, 5) is 37.4. The smallest absolute Gasteiger partial charge is 0.316 e. The Labute approximate surface area is 169 Å². The molecule has 1 aromatic carbocycles. The van der Waals surface area contributed by atoms with Gasteiger partial charge >= 0.3 is 5.97 Å². The molecule has 6 nitrogen and oxygen atoms in total. The molecule has 0 aliphatic heterocycles. The lowest BCUT2D eigenvalue weighted by Crippen LogP contribution is -2.39. The molecule has 1 aromatic rings. The van der Waals surface area contributed by atoms with E-state index >= 15 is 0 Å². The van der Waals surface area contributed by atoms with Crippen molar-refractivity contribution in [2.75, 3.05) is 25.2 Å². The van der Waals surface area contributed by atoms with Crippen molar-refractivity contribution in [2.24, 2.45) is 0 Å². The van der Waals surface area contributed by atoms with E-state index in [1.807, 2.05) is 7.05 Å². The van der Waals surface area contributed by atoms with Crippen molar-refractivity contribution in [2.45, 2.75) is 44.7 Å². The van der Waals surface area contributed by atoms with Gasteiger partial charge in [-0.3, -0.25) is 14.4 Å². The Bertz CT molecular complexity index is 663. The monoisotopic (exact) mass is 410 g/mol. The number of amides is 2. The van der Waals surface area contributed by atoms with Crippen LogP contribution in [0, 0.1) is 5.82 Å². The number of rotatable bonds is 9. The van der Waals surface area contributed by atoms with E-state index in [1.165, 1.54) is 30.3 Å². The largest absolute Gasteiger partial charge is 0.455 e. The van der Waals surface area contributed by atoms with E-state index in [0.717, 1.165) is 31.2 Å². The molecule has 28 heavy (non-hydrogen) atoms. The Kier molecular flexibility index (Phi) is 9.27. The topological polar surface area (TPSA) is 75.7 Å². The van der Waals surface area contributed by atoms with Crippen molar-refractivity contribution in [1.82, 2.24) is 10.2 Å². The van der Waals surface area contributed by atoms with Gasteiger partial charge in [-0.05, 0) is 30.5 Å². The summed E-state index contributed by atoms with van der Waals surface area (Å²) >= 11 is 1.19. The molecule has 154 valence electrons. The molecule has 1 fully saturated rings. The number of thioether (sulfide) groups is 1. The number of halogens is 1. The highest BCUT2D eigenvalue weighted by atomic mass is 32.2. The number of carbonyl (C=O) groups is 3. The van der Waals surface area contributed by atoms with Crippen LogP contribution in [0.3, 0.4) is 0 Å². The van der Waals surface area contributed by atoms with Crippen LogP contribution in [0.4, 0.5) is 4.39 Å². The summed E-state index contributed by atoms with van der Waals surface area (Å²) in [6.45, 7) is -0.149. The van der Waals surface area contributed by atoms with E-state index in [0.29, 0.717) is 6.04 Å². The first-order chi connectivity index (χ1) is 13.5. The quantitative estimate of drug-likeness (QED) is 0.633. The number of benzene rings is 1. The molecule has 1 saturated carbocycles. The molecule has 1 N–H and O–H groups in total. The van der Waals surface area contributed by atoms with Gasteiger partial charge in [0.25, 0.3) is 5.91 Å². The second-order valence-electron chi connectivity index (χ2n) is 6.85. The molecule has 2 amide bonds. The number of hydrogen-bond donors (Lipinski definition) is 1.